The Hall–Kier alpha value is -2.28. The number of rotatable bonds is 5. The Morgan fingerprint density at radius 2 is 1.90 bits per heavy atom. The van der Waals surface area contributed by atoms with E-state index in [-0.39, 0.29) is 6.54 Å². The summed E-state index contributed by atoms with van der Waals surface area (Å²) in [6.07, 6.45) is 0.648. The van der Waals surface area contributed by atoms with Crippen molar-refractivity contribution in [1.82, 2.24) is 9.97 Å². The highest BCUT2D eigenvalue weighted by Gasteiger charge is 2.06. The van der Waals surface area contributed by atoms with Crippen molar-refractivity contribution in [3.8, 4) is 0 Å². The lowest BCUT2D eigenvalue weighted by Gasteiger charge is -2.09. The Balaban J connectivity index is 2.13. The molecule has 0 aliphatic heterocycles. The number of benzene rings is 1. The molecule has 0 radical (unpaired) electrons. The summed E-state index contributed by atoms with van der Waals surface area (Å²) in [6, 6.07) is 5.06. The molecule has 0 aliphatic rings. The van der Waals surface area contributed by atoms with E-state index < -0.39 is 11.6 Å². The predicted molar refractivity (Wildman–Crippen MR) is 72.9 cm³/mol. The lowest BCUT2D eigenvalue weighted by atomic mass is 10.2. The lowest BCUT2D eigenvalue weighted by molar-refractivity contribution is 0.574. The molecule has 1 heterocycles. The maximum Gasteiger partial charge on any atom is 0.145 e. The fraction of sp³-hybridized carbons (Fsp3) is 0.231. The first-order valence-corrected chi connectivity index (χ1v) is 6.14. The maximum absolute atomic E-state index is 13.5. The summed E-state index contributed by atoms with van der Waals surface area (Å²) in [7, 11) is 0. The van der Waals surface area contributed by atoms with Crippen LogP contribution in [0.3, 0.4) is 0 Å². The number of hydrazine groups is 1. The van der Waals surface area contributed by atoms with E-state index in [2.05, 4.69) is 20.7 Å². The third-order valence-electron chi connectivity index (χ3n) is 2.71. The van der Waals surface area contributed by atoms with Gasteiger partial charge in [-0.1, -0.05) is 13.0 Å². The lowest BCUT2D eigenvalue weighted by Crippen LogP contribution is -2.12. The van der Waals surface area contributed by atoms with Crippen molar-refractivity contribution < 1.29 is 8.78 Å². The van der Waals surface area contributed by atoms with Crippen LogP contribution in [0.4, 0.5) is 20.4 Å². The molecule has 0 saturated carbocycles. The zero-order valence-electron chi connectivity index (χ0n) is 11.0. The summed E-state index contributed by atoms with van der Waals surface area (Å²) in [5.74, 6) is 5.73. The Labute approximate surface area is 115 Å². The monoisotopic (exact) mass is 279 g/mol. The van der Waals surface area contributed by atoms with Crippen LogP contribution < -0.4 is 16.6 Å². The molecule has 0 unspecified atom stereocenters. The molecular formula is C13H15F2N5. The predicted octanol–water partition coefficient (Wildman–Crippen LogP) is 2.21. The molecule has 0 spiro atoms. The van der Waals surface area contributed by atoms with E-state index in [0.717, 1.165) is 6.07 Å². The van der Waals surface area contributed by atoms with E-state index in [1.54, 1.807) is 6.07 Å². The highest BCUT2D eigenvalue weighted by atomic mass is 19.1. The minimum atomic E-state index is -0.601. The van der Waals surface area contributed by atoms with Crippen LogP contribution >= 0.6 is 0 Å². The van der Waals surface area contributed by atoms with E-state index >= 15 is 0 Å². The fourth-order valence-corrected chi connectivity index (χ4v) is 1.67. The van der Waals surface area contributed by atoms with E-state index in [0.29, 0.717) is 29.4 Å². The molecule has 2 rings (SSSR count). The first-order valence-electron chi connectivity index (χ1n) is 6.14. The van der Waals surface area contributed by atoms with Crippen molar-refractivity contribution in [2.75, 3.05) is 10.7 Å². The number of hydrogen-bond acceptors (Lipinski definition) is 5. The number of aryl methyl sites for hydroxylation is 1. The van der Waals surface area contributed by atoms with Crippen LogP contribution in [-0.2, 0) is 13.0 Å². The zero-order chi connectivity index (χ0) is 14.5. The fourth-order valence-electron chi connectivity index (χ4n) is 1.67. The molecule has 0 amide bonds. The van der Waals surface area contributed by atoms with Crippen LogP contribution in [0.15, 0.2) is 24.3 Å². The van der Waals surface area contributed by atoms with E-state index in [9.17, 15) is 8.78 Å². The van der Waals surface area contributed by atoms with Gasteiger partial charge in [0, 0.05) is 30.7 Å². The van der Waals surface area contributed by atoms with Crippen LogP contribution in [0.2, 0.25) is 0 Å². The van der Waals surface area contributed by atoms with Gasteiger partial charge in [0.05, 0.1) is 0 Å². The summed E-state index contributed by atoms with van der Waals surface area (Å²) in [4.78, 5) is 8.39. The normalized spacial score (nSPS) is 10.4. The van der Waals surface area contributed by atoms with Gasteiger partial charge in [-0.25, -0.2) is 24.6 Å². The molecule has 0 atom stereocenters. The van der Waals surface area contributed by atoms with Crippen LogP contribution in [0.25, 0.3) is 0 Å². The molecule has 0 fully saturated rings. The molecule has 106 valence electrons. The average molecular weight is 279 g/mol. The van der Waals surface area contributed by atoms with Crippen molar-refractivity contribution >= 4 is 11.6 Å². The Bertz CT molecular complexity index is 581. The second-order valence-electron chi connectivity index (χ2n) is 4.14. The number of nitrogens with zero attached hydrogens (tertiary/aromatic N) is 2. The van der Waals surface area contributed by atoms with E-state index in [4.69, 9.17) is 5.84 Å². The third-order valence-corrected chi connectivity index (χ3v) is 2.71. The van der Waals surface area contributed by atoms with Crippen molar-refractivity contribution in [2.24, 2.45) is 5.84 Å². The number of anilines is 2. The standard InChI is InChI=1S/C13H15F2N5/c1-2-11-18-12(6-13(19-11)20-16)17-7-8-3-4-9(14)5-10(8)15/h3-6H,2,7,16H2,1H3,(H2,17,18,19,20). The first kappa shape index (κ1) is 14.1. The molecule has 5 nitrogen and oxygen atoms in total. The topological polar surface area (TPSA) is 75.9 Å². The van der Waals surface area contributed by atoms with Gasteiger partial charge in [-0.15, -0.1) is 0 Å². The van der Waals surface area contributed by atoms with Gasteiger partial charge < -0.3 is 10.7 Å². The van der Waals surface area contributed by atoms with Gasteiger partial charge in [-0.05, 0) is 6.07 Å². The van der Waals surface area contributed by atoms with Gasteiger partial charge in [0.2, 0.25) is 0 Å². The van der Waals surface area contributed by atoms with Gasteiger partial charge in [0.25, 0.3) is 0 Å². The Morgan fingerprint density at radius 1 is 1.15 bits per heavy atom. The van der Waals surface area contributed by atoms with Crippen molar-refractivity contribution in [2.45, 2.75) is 19.9 Å². The molecule has 2 aromatic rings. The van der Waals surface area contributed by atoms with Crippen LogP contribution in [0.1, 0.15) is 18.3 Å². The molecule has 7 heteroatoms. The smallest absolute Gasteiger partial charge is 0.145 e. The van der Waals surface area contributed by atoms with Gasteiger partial charge >= 0.3 is 0 Å². The average Bonchev–Trinajstić information content (AvgIpc) is 2.46. The number of aromatic nitrogens is 2. The Morgan fingerprint density at radius 3 is 2.55 bits per heavy atom. The summed E-state index contributed by atoms with van der Waals surface area (Å²) < 4.78 is 26.3. The molecule has 0 saturated heterocycles. The number of nitrogens with one attached hydrogen (secondary N) is 2. The number of hydrogen-bond donors (Lipinski definition) is 3. The number of halogens is 2. The zero-order valence-corrected chi connectivity index (χ0v) is 11.0. The number of nitrogens with two attached hydrogens (primary N) is 1. The summed E-state index contributed by atoms with van der Waals surface area (Å²) in [5, 5.41) is 2.96. The largest absolute Gasteiger partial charge is 0.366 e. The quantitative estimate of drug-likeness (QED) is 0.578. The van der Waals surface area contributed by atoms with Crippen LogP contribution in [0, 0.1) is 11.6 Å². The highest BCUT2D eigenvalue weighted by molar-refractivity contribution is 5.47. The van der Waals surface area contributed by atoms with Crippen molar-refractivity contribution in [3.05, 3.63) is 47.3 Å². The van der Waals surface area contributed by atoms with Gasteiger partial charge in [0.1, 0.15) is 29.1 Å². The molecule has 1 aromatic carbocycles. The van der Waals surface area contributed by atoms with E-state index in [1.807, 2.05) is 6.92 Å². The molecule has 0 aliphatic carbocycles. The van der Waals surface area contributed by atoms with Crippen LogP contribution in [0.5, 0.6) is 0 Å². The van der Waals surface area contributed by atoms with Crippen LogP contribution in [-0.4, -0.2) is 9.97 Å². The molecule has 1 aromatic heterocycles. The summed E-state index contributed by atoms with van der Waals surface area (Å²) >= 11 is 0. The molecular weight excluding hydrogens is 264 g/mol. The number of nitrogen functional groups attached to an aromatic ring is 1. The SMILES string of the molecule is CCc1nc(NN)cc(NCc2ccc(F)cc2F)n1. The second kappa shape index (κ2) is 6.25. The van der Waals surface area contributed by atoms with Gasteiger partial charge in [-0.2, -0.15) is 0 Å². The molecule has 4 N–H and O–H groups in total. The van der Waals surface area contributed by atoms with Gasteiger partial charge in [-0.3, -0.25) is 0 Å². The molecule has 0 bridgehead atoms. The maximum atomic E-state index is 13.5. The first-order chi connectivity index (χ1) is 9.62. The van der Waals surface area contributed by atoms with E-state index in [1.165, 1.54) is 12.1 Å². The van der Waals surface area contributed by atoms with Gasteiger partial charge in [0.15, 0.2) is 0 Å². The summed E-state index contributed by atoms with van der Waals surface area (Å²) in [6.45, 7) is 2.11. The molecule has 20 heavy (non-hydrogen) atoms. The summed E-state index contributed by atoms with van der Waals surface area (Å²) in [5.41, 5.74) is 2.80. The van der Waals surface area contributed by atoms with Crippen molar-refractivity contribution in [3.63, 3.8) is 0 Å². The minimum absolute atomic E-state index is 0.191. The Kier molecular flexibility index (Phi) is 4.41. The highest BCUT2D eigenvalue weighted by Crippen LogP contribution is 2.14. The third kappa shape index (κ3) is 3.39. The van der Waals surface area contributed by atoms with Crippen molar-refractivity contribution in [1.29, 1.82) is 0 Å². The minimum Gasteiger partial charge on any atom is -0.366 e. The second-order valence-corrected chi connectivity index (χ2v) is 4.14.